The standard InChI is InChI=1S/C19H15N3OS/c1-11-7-8-15-12(9-11)10-14-16(20)17(24-19(14)22-15)18(23)21-13-5-3-2-4-6-13/h2-10H,20H2,1H3,(H,21,23). The summed E-state index contributed by atoms with van der Waals surface area (Å²) in [5, 5.41) is 4.73. The number of benzene rings is 2. The maximum atomic E-state index is 12.5. The van der Waals surface area contributed by atoms with E-state index in [2.05, 4.69) is 16.4 Å². The van der Waals surface area contributed by atoms with Crippen LogP contribution in [-0.4, -0.2) is 10.9 Å². The molecule has 2 aromatic heterocycles. The van der Waals surface area contributed by atoms with Crippen molar-refractivity contribution in [1.29, 1.82) is 0 Å². The third-order valence-electron chi connectivity index (χ3n) is 3.91. The number of hydrogen-bond acceptors (Lipinski definition) is 4. The number of nitrogens with two attached hydrogens (primary N) is 1. The van der Waals surface area contributed by atoms with Gasteiger partial charge in [-0.05, 0) is 37.3 Å². The number of hydrogen-bond donors (Lipinski definition) is 2. The second kappa shape index (κ2) is 5.62. The van der Waals surface area contributed by atoms with E-state index in [-0.39, 0.29) is 5.91 Å². The number of amides is 1. The Hall–Kier alpha value is -2.92. The van der Waals surface area contributed by atoms with Crippen LogP contribution in [0.25, 0.3) is 21.1 Å². The number of anilines is 2. The number of aromatic nitrogens is 1. The Morgan fingerprint density at radius 3 is 2.71 bits per heavy atom. The first-order valence-electron chi connectivity index (χ1n) is 7.57. The molecule has 0 bridgehead atoms. The van der Waals surface area contributed by atoms with Crippen molar-refractivity contribution in [3.8, 4) is 0 Å². The molecule has 0 atom stereocenters. The summed E-state index contributed by atoms with van der Waals surface area (Å²) in [6.45, 7) is 2.04. The molecular formula is C19H15N3OS. The van der Waals surface area contributed by atoms with Gasteiger partial charge in [0.2, 0.25) is 0 Å². The van der Waals surface area contributed by atoms with E-state index in [0.717, 1.165) is 26.8 Å². The fraction of sp³-hybridized carbons (Fsp3) is 0.0526. The second-order valence-corrected chi connectivity index (χ2v) is 6.70. The molecule has 1 amide bonds. The van der Waals surface area contributed by atoms with Crippen LogP contribution in [0.5, 0.6) is 0 Å². The first-order chi connectivity index (χ1) is 11.6. The monoisotopic (exact) mass is 333 g/mol. The first-order valence-corrected chi connectivity index (χ1v) is 8.39. The van der Waals surface area contributed by atoms with Crippen molar-refractivity contribution in [2.45, 2.75) is 6.92 Å². The van der Waals surface area contributed by atoms with E-state index in [1.807, 2.05) is 55.5 Å². The summed E-state index contributed by atoms with van der Waals surface area (Å²) in [7, 11) is 0. The van der Waals surface area contributed by atoms with E-state index >= 15 is 0 Å². The van der Waals surface area contributed by atoms with Crippen LogP contribution >= 0.6 is 11.3 Å². The Balaban J connectivity index is 1.80. The molecule has 2 aromatic carbocycles. The van der Waals surface area contributed by atoms with Gasteiger partial charge in [-0.15, -0.1) is 11.3 Å². The van der Waals surface area contributed by atoms with Gasteiger partial charge >= 0.3 is 0 Å². The zero-order valence-electron chi connectivity index (χ0n) is 13.0. The molecule has 0 spiro atoms. The van der Waals surface area contributed by atoms with Gasteiger partial charge in [-0.2, -0.15) is 0 Å². The predicted octanol–water partition coefficient (Wildman–Crippen LogP) is 4.59. The summed E-state index contributed by atoms with van der Waals surface area (Å²) in [4.78, 5) is 18.5. The molecule has 4 nitrogen and oxygen atoms in total. The molecule has 0 saturated carbocycles. The van der Waals surface area contributed by atoms with E-state index in [9.17, 15) is 4.79 Å². The minimum absolute atomic E-state index is 0.207. The van der Waals surface area contributed by atoms with Crippen molar-refractivity contribution >= 4 is 49.7 Å². The molecule has 3 N–H and O–H groups in total. The number of nitrogen functional groups attached to an aromatic ring is 1. The number of fused-ring (bicyclic) bond motifs is 2. The van der Waals surface area contributed by atoms with Gasteiger partial charge in [0, 0.05) is 16.5 Å². The Kier molecular flexibility index (Phi) is 3.43. The maximum absolute atomic E-state index is 12.5. The average molecular weight is 333 g/mol. The highest BCUT2D eigenvalue weighted by molar-refractivity contribution is 7.21. The summed E-state index contributed by atoms with van der Waals surface area (Å²) in [6.07, 6.45) is 0. The highest BCUT2D eigenvalue weighted by Crippen LogP contribution is 2.35. The average Bonchev–Trinajstić information content (AvgIpc) is 2.90. The van der Waals surface area contributed by atoms with Crippen LogP contribution in [-0.2, 0) is 0 Å². The Bertz CT molecular complexity index is 1070. The first kappa shape index (κ1) is 14.7. The molecule has 0 aliphatic heterocycles. The molecule has 0 aliphatic rings. The topological polar surface area (TPSA) is 68.0 Å². The van der Waals surface area contributed by atoms with Gasteiger partial charge in [-0.1, -0.05) is 29.8 Å². The molecule has 0 fully saturated rings. The highest BCUT2D eigenvalue weighted by Gasteiger charge is 2.18. The van der Waals surface area contributed by atoms with Gasteiger partial charge in [-0.25, -0.2) is 4.98 Å². The summed E-state index contributed by atoms with van der Waals surface area (Å²) < 4.78 is 0. The van der Waals surface area contributed by atoms with E-state index in [1.54, 1.807) is 0 Å². The number of thiophene rings is 1. The van der Waals surface area contributed by atoms with Crippen LogP contribution in [0.2, 0.25) is 0 Å². The Labute approximate surface area is 142 Å². The van der Waals surface area contributed by atoms with Crippen molar-refractivity contribution in [1.82, 2.24) is 4.98 Å². The molecule has 4 rings (SSSR count). The molecule has 24 heavy (non-hydrogen) atoms. The highest BCUT2D eigenvalue weighted by atomic mass is 32.1. The van der Waals surface area contributed by atoms with Crippen LogP contribution in [0.1, 0.15) is 15.2 Å². The van der Waals surface area contributed by atoms with Gasteiger partial charge in [0.05, 0.1) is 11.2 Å². The zero-order valence-corrected chi connectivity index (χ0v) is 13.9. The molecule has 4 aromatic rings. The molecule has 0 unspecified atom stereocenters. The summed E-state index contributed by atoms with van der Waals surface area (Å²) in [6, 6.07) is 17.4. The van der Waals surface area contributed by atoms with Crippen LogP contribution in [0, 0.1) is 6.92 Å². The molecular weight excluding hydrogens is 318 g/mol. The summed E-state index contributed by atoms with van der Waals surface area (Å²) in [5.74, 6) is -0.207. The normalized spacial score (nSPS) is 11.0. The molecule has 5 heteroatoms. The van der Waals surface area contributed by atoms with Crippen LogP contribution < -0.4 is 11.1 Å². The van der Waals surface area contributed by atoms with Crippen molar-refractivity contribution in [3.05, 3.63) is 65.0 Å². The molecule has 2 heterocycles. The van der Waals surface area contributed by atoms with Gasteiger partial charge in [0.1, 0.15) is 9.71 Å². The number of aryl methyl sites for hydroxylation is 1. The van der Waals surface area contributed by atoms with Gasteiger partial charge in [0.15, 0.2) is 0 Å². The van der Waals surface area contributed by atoms with E-state index < -0.39 is 0 Å². The lowest BCUT2D eigenvalue weighted by Crippen LogP contribution is -2.11. The second-order valence-electron chi connectivity index (χ2n) is 5.70. The van der Waals surface area contributed by atoms with Crippen LogP contribution in [0.15, 0.2) is 54.6 Å². The number of rotatable bonds is 2. The summed E-state index contributed by atoms with van der Waals surface area (Å²) >= 11 is 1.32. The van der Waals surface area contributed by atoms with Crippen molar-refractivity contribution < 1.29 is 4.79 Å². The third kappa shape index (κ3) is 2.49. The van der Waals surface area contributed by atoms with Crippen LogP contribution in [0.4, 0.5) is 11.4 Å². The van der Waals surface area contributed by atoms with Crippen molar-refractivity contribution in [2.24, 2.45) is 0 Å². The molecule has 0 aliphatic carbocycles. The number of pyridine rings is 1. The lowest BCUT2D eigenvalue weighted by Gasteiger charge is -2.03. The SMILES string of the molecule is Cc1ccc2nc3sc(C(=O)Nc4ccccc4)c(N)c3cc2c1. The smallest absolute Gasteiger partial charge is 0.267 e. The fourth-order valence-electron chi connectivity index (χ4n) is 2.70. The minimum atomic E-state index is -0.207. The Morgan fingerprint density at radius 2 is 1.92 bits per heavy atom. The number of nitrogens with zero attached hydrogens (tertiary/aromatic N) is 1. The largest absolute Gasteiger partial charge is 0.397 e. The maximum Gasteiger partial charge on any atom is 0.267 e. The van der Waals surface area contributed by atoms with E-state index in [4.69, 9.17) is 5.73 Å². The van der Waals surface area contributed by atoms with Gasteiger partial charge in [-0.3, -0.25) is 4.79 Å². The molecule has 0 saturated heterocycles. The lowest BCUT2D eigenvalue weighted by atomic mass is 10.1. The van der Waals surface area contributed by atoms with Crippen molar-refractivity contribution in [3.63, 3.8) is 0 Å². The number of carbonyl (C=O) groups is 1. The minimum Gasteiger partial charge on any atom is -0.397 e. The molecule has 118 valence electrons. The number of carbonyl (C=O) groups excluding carboxylic acids is 1. The van der Waals surface area contributed by atoms with Crippen LogP contribution in [0.3, 0.4) is 0 Å². The lowest BCUT2D eigenvalue weighted by molar-refractivity contribution is 0.103. The quantitative estimate of drug-likeness (QED) is 0.563. The molecule has 0 radical (unpaired) electrons. The van der Waals surface area contributed by atoms with Gasteiger partial charge < -0.3 is 11.1 Å². The number of para-hydroxylation sites is 1. The van der Waals surface area contributed by atoms with Crippen molar-refractivity contribution in [2.75, 3.05) is 11.1 Å². The number of nitrogens with one attached hydrogen (secondary N) is 1. The predicted molar refractivity (Wildman–Crippen MR) is 101 cm³/mol. The Morgan fingerprint density at radius 1 is 1.12 bits per heavy atom. The van der Waals surface area contributed by atoms with E-state index in [0.29, 0.717) is 10.6 Å². The van der Waals surface area contributed by atoms with E-state index in [1.165, 1.54) is 16.9 Å². The third-order valence-corrected chi connectivity index (χ3v) is 5.02. The summed E-state index contributed by atoms with van der Waals surface area (Å²) in [5.41, 5.74) is 9.53. The fourth-order valence-corrected chi connectivity index (χ4v) is 3.68. The van der Waals surface area contributed by atoms with Gasteiger partial charge in [0.25, 0.3) is 5.91 Å². The zero-order chi connectivity index (χ0) is 16.7.